The van der Waals surface area contributed by atoms with Crippen molar-refractivity contribution < 1.29 is 9.21 Å². The molecule has 3 aromatic rings. The number of nitrogens with zero attached hydrogens (tertiary/aromatic N) is 1. The van der Waals surface area contributed by atoms with Gasteiger partial charge >= 0.3 is 0 Å². The Balaban J connectivity index is 1.47. The quantitative estimate of drug-likeness (QED) is 0.733. The van der Waals surface area contributed by atoms with E-state index in [-0.39, 0.29) is 5.91 Å². The zero-order valence-electron chi connectivity index (χ0n) is 16.2. The van der Waals surface area contributed by atoms with Crippen molar-refractivity contribution in [3.63, 3.8) is 0 Å². The number of benzene rings is 1. The van der Waals surface area contributed by atoms with Crippen LogP contribution < -0.4 is 16.1 Å². The molecule has 0 aliphatic heterocycles. The lowest BCUT2D eigenvalue weighted by Gasteiger charge is -2.18. The van der Waals surface area contributed by atoms with E-state index in [0.717, 1.165) is 44.2 Å². The second-order valence-corrected chi connectivity index (χ2v) is 8.43. The standard InChI is InChI=1S/C24H20N2O2S/c1-26(2)17-10-11-21-19(14-17)18-13-16(7-5-8-20(18)28-21)25-24(27)23-12-15-6-3-4-9-22(15)29-23/h3-13H,14H2,1-2H3,(H,25,27). The molecule has 1 aromatic carbocycles. The summed E-state index contributed by atoms with van der Waals surface area (Å²) in [5, 5.41) is 4.15. The Morgan fingerprint density at radius 2 is 2.00 bits per heavy atom. The van der Waals surface area contributed by atoms with Crippen LogP contribution in [0.1, 0.15) is 20.8 Å². The highest BCUT2D eigenvalue weighted by atomic mass is 32.1. The molecule has 1 N–H and O–H groups in total. The van der Waals surface area contributed by atoms with Crippen LogP contribution in [0, 0.1) is 0 Å². The lowest BCUT2D eigenvalue weighted by molar-refractivity contribution is 0.0971. The van der Waals surface area contributed by atoms with Gasteiger partial charge < -0.3 is 14.6 Å². The number of amides is 1. The number of hydrogen-bond donors (Lipinski definition) is 1. The molecule has 2 aliphatic rings. The molecular formula is C24H20N2O2S. The molecule has 0 saturated heterocycles. The van der Waals surface area contributed by atoms with E-state index < -0.39 is 0 Å². The summed E-state index contributed by atoms with van der Waals surface area (Å²) in [7, 11) is 4.09. The van der Waals surface area contributed by atoms with E-state index in [4.69, 9.17) is 4.42 Å². The van der Waals surface area contributed by atoms with Crippen LogP contribution in [-0.4, -0.2) is 24.9 Å². The van der Waals surface area contributed by atoms with Gasteiger partial charge in [-0.15, -0.1) is 11.3 Å². The molecule has 4 nitrogen and oxygen atoms in total. The van der Waals surface area contributed by atoms with E-state index in [9.17, 15) is 4.79 Å². The number of thiophene rings is 1. The lowest BCUT2D eigenvalue weighted by Crippen LogP contribution is -2.21. The van der Waals surface area contributed by atoms with E-state index in [1.54, 1.807) is 0 Å². The monoisotopic (exact) mass is 400 g/mol. The smallest absolute Gasteiger partial charge is 0.265 e. The predicted molar refractivity (Wildman–Crippen MR) is 119 cm³/mol. The van der Waals surface area contributed by atoms with Crippen LogP contribution in [0.3, 0.4) is 0 Å². The van der Waals surface area contributed by atoms with E-state index in [0.29, 0.717) is 4.88 Å². The molecule has 0 spiro atoms. The molecule has 5 heteroatoms. The van der Waals surface area contributed by atoms with Gasteiger partial charge in [-0.05, 0) is 47.9 Å². The number of rotatable bonds is 3. The van der Waals surface area contributed by atoms with Gasteiger partial charge in [-0.2, -0.15) is 0 Å². The highest BCUT2D eigenvalue weighted by Crippen LogP contribution is 2.25. The lowest BCUT2D eigenvalue weighted by atomic mass is 10.0. The van der Waals surface area contributed by atoms with Crippen LogP contribution in [-0.2, 0) is 6.42 Å². The molecule has 29 heavy (non-hydrogen) atoms. The normalized spacial score (nSPS) is 14.7. The van der Waals surface area contributed by atoms with Gasteiger partial charge in [0.2, 0.25) is 0 Å². The Kier molecular flexibility index (Phi) is 4.25. The van der Waals surface area contributed by atoms with Gasteiger partial charge in [0.15, 0.2) is 0 Å². The first-order chi connectivity index (χ1) is 14.1. The predicted octanol–water partition coefficient (Wildman–Crippen LogP) is 3.40. The average molecular weight is 401 g/mol. The van der Waals surface area contributed by atoms with E-state index in [1.165, 1.54) is 17.0 Å². The molecule has 144 valence electrons. The zero-order valence-corrected chi connectivity index (χ0v) is 17.0. The third-order valence-electron chi connectivity index (χ3n) is 5.20. The molecule has 0 bridgehead atoms. The highest BCUT2D eigenvalue weighted by molar-refractivity contribution is 7.20. The summed E-state index contributed by atoms with van der Waals surface area (Å²) in [6.45, 7) is 0. The number of hydrogen-bond acceptors (Lipinski definition) is 4. The minimum absolute atomic E-state index is 0.0941. The van der Waals surface area contributed by atoms with Crippen LogP contribution in [0.4, 0.5) is 0 Å². The second-order valence-electron chi connectivity index (χ2n) is 7.35. The summed E-state index contributed by atoms with van der Waals surface area (Å²) in [5.74, 6) is -0.0941. The maximum atomic E-state index is 12.8. The van der Waals surface area contributed by atoms with Gasteiger partial charge in [0.05, 0.1) is 4.88 Å². The largest absolute Gasteiger partial charge is 0.456 e. The van der Waals surface area contributed by atoms with Crippen molar-refractivity contribution in [3.8, 4) is 0 Å². The molecule has 0 fully saturated rings. The number of furan rings is 1. The summed E-state index contributed by atoms with van der Waals surface area (Å²) in [5.41, 5.74) is 5.87. The summed E-state index contributed by atoms with van der Waals surface area (Å²) in [4.78, 5) is 15.7. The Labute approximate surface area is 172 Å². The summed E-state index contributed by atoms with van der Waals surface area (Å²) in [6, 6.07) is 9.98. The summed E-state index contributed by atoms with van der Waals surface area (Å²) >= 11 is 1.51. The van der Waals surface area contributed by atoms with Crippen molar-refractivity contribution >= 4 is 45.6 Å². The van der Waals surface area contributed by atoms with Crippen LogP contribution in [0.25, 0.3) is 28.3 Å². The molecule has 0 radical (unpaired) electrons. The van der Waals surface area contributed by atoms with E-state index in [1.807, 2.05) is 74.8 Å². The number of fused-ring (bicyclic) bond motifs is 4. The van der Waals surface area contributed by atoms with Crippen LogP contribution >= 0.6 is 11.3 Å². The molecule has 5 rings (SSSR count). The molecule has 0 saturated carbocycles. The van der Waals surface area contributed by atoms with Gasteiger partial charge in [-0.3, -0.25) is 4.79 Å². The van der Waals surface area contributed by atoms with Crippen LogP contribution in [0.5, 0.6) is 0 Å². The second kappa shape index (κ2) is 6.94. The third kappa shape index (κ3) is 3.23. The van der Waals surface area contributed by atoms with Crippen molar-refractivity contribution in [1.29, 1.82) is 0 Å². The van der Waals surface area contributed by atoms with E-state index in [2.05, 4.69) is 16.3 Å². The van der Waals surface area contributed by atoms with Crippen LogP contribution in [0.15, 0.2) is 64.4 Å². The van der Waals surface area contributed by atoms with E-state index >= 15 is 0 Å². The Morgan fingerprint density at radius 1 is 1.14 bits per heavy atom. The first-order valence-corrected chi connectivity index (χ1v) is 10.3. The minimum atomic E-state index is -0.0941. The SMILES string of the molecule is CN(C)C1=CC=c2oc3c(c2C1)C=C(NC(=O)c1cc2ccccc2s1)C=CC=3. The van der Waals surface area contributed by atoms with Crippen molar-refractivity contribution in [2.75, 3.05) is 14.1 Å². The Bertz CT molecular complexity index is 1320. The van der Waals surface area contributed by atoms with Gasteiger partial charge in [-0.25, -0.2) is 0 Å². The van der Waals surface area contributed by atoms with Crippen molar-refractivity contribution in [1.82, 2.24) is 10.2 Å². The molecule has 0 atom stereocenters. The van der Waals surface area contributed by atoms with Crippen LogP contribution in [0.2, 0.25) is 0 Å². The Hall–Kier alpha value is -3.31. The third-order valence-corrected chi connectivity index (χ3v) is 6.31. The summed E-state index contributed by atoms with van der Waals surface area (Å²) < 4.78 is 7.15. The fourth-order valence-electron chi connectivity index (χ4n) is 3.64. The van der Waals surface area contributed by atoms with Gasteiger partial charge in [-0.1, -0.05) is 24.3 Å². The molecule has 2 aliphatic carbocycles. The molecule has 1 amide bonds. The van der Waals surface area contributed by atoms with Gasteiger partial charge in [0.1, 0.15) is 10.8 Å². The van der Waals surface area contributed by atoms with Crippen molar-refractivity contribution in [2.45, 2.75) is 6.42 Å². The first kappa shape index (κ1) is 17.8. The molecule has 2 heterocycles. The number of nitrogens with one attached hydrogen (secondary N) is 1. The zero-order chi connectivity index (χ0) is 20.0. The van der Waals surface area contributed by atoms with Crippen molar-refractivity contribution in [3.05, 3.63) is 86.8 Å². The van der Waals surface area contributed by atoms with Gasteiger partial charge in [0, 0.05) is 47.7 Å². The molecular weight excluding hydrogens is 380 g/mol. The number of likely N-dealkylation sites (N-methyl/N-ethyl adjacent to an activating group) is 1. The maximum Gasteiger partial charge on any atom is 0.265 e. The fraction of sp³-hybridized carbons (Fsp3) is 0.125. The number of carbonyl (C=O) groups excluding carboxylic acids is 1. The fourth-order valence-corrected chi connectivity index (χ4v) is 4.60. The molecule has 0 unspecified atom stereocenters. The minimum Gasteiger partial charge on any atom is -0.456 e. The van der Waals surface area contributed by atoms with Gasteiger partial charge in [0.25, 0.3) is 5.91 Å². The number of carbonyl (C=O) groups is 1. The maximum absolute atomic E-state index is 12.8. The Morgan fingerprint density at radius 3 is 2.83 bits per heavy atom. The molecule has 2 aromatic heterocycles. The average Bonchev–Trinajstić information content (AvgIpc) is 3.23. The topological polar surface area (TPSA) is 45.5 Å². The highest BCUT2D eigenvalue weighted by Gasteiger charge is 2.18. The summed E-state index contributed by atoms with van der Waals surface area (Å²) in [6.07, 6.45) is 12.7. The van der Waals surface area contributed by atoms with Crippen molar-refractivity contribution in [2.24, 2.45) is 0 Å². The number of allylic oxidation sites excluding steroid dienone is 4. The first-order valence-electron chi connectivity index (χ1n) is 9.48.